The van der Waals surface area contributed by atoms with Gasteiger partial charge in [-0.2, -0.15) is 0 Å². The molecule has 1 N–H and O–H groups in total. The molecule has 0 bridgehead atoms. The molecule has 24 heavy (non-hydrogen) atoms. The summed E-state index contributed by atoms with van der Waals surface area (Å²) >= 11 is 11.8. The number of nitrogens with one attached hydrogen (secondary N) is 1. The van der Waals surface area contributed by atoms with Crippen molar-refractivity contribution in [2.75, 3.05) is 12.4 Å². The SMILES string of the molecule is COc1ccc(C2=NOC(C(=O)Nc3cc(Cl)cc(Cl)c3)C2)cc1. The maximum Gasteiger partial charge on any atom is 0.268 e. The Labute approximate surface area is 149 Å². The smallest absolute Gasteiger partial charge is 0.268 e. The monoisotopic (exact) mass is 364 g/mol. The van der Waals surface area contributed by atoms with Crippen molar-refractivity contribution in [3.8, 4) is 5.75 Å². The van der Waals surface area contributed by atoms with Crippen LogP contribution >= 0.6 is 23.2 Å². The summed E-state index contributed by atoms with van der Waals surface area (Å²) in [5, 5.41) is 7.62. The number of nitrogens with zero attached hydrogens (tertiary/aromatic N) is 1. The van der Waals surface area contributed by atoms with Gasteiger partial charge in [-0.3, -0.25) is 4.79 Å². The molecule has 0 saturated carbocycles. The molecule has 1 atom stereocenters. The minimum Gasteiger partial charge on any atom is -0.497 e. The number of hydrogen-bond donors (Lipinski definition) is 1. The lowest BCUT2D eigenvalue weighted by Crippen LogP contribution is -2.28. The molecule has 0 aromatic heterocycles. The molecule has 2 aromatic carbocycles. The molecule has 0 radical (unpaired) electrons. The van der Waals surface area contributed by atoms with Crippen LogP contribution in [0.25, 0.3) is 0 Å². The second-order valence-corrected chi connectivity index (χ2v) is 6.08. The lowest BCUT2D eigenvalue weighted by atomic mass is 10.0. The van der Waals surface area contributed by atoms with Crippen molar-refractivity contribution in [2.45, 2.75) is 12.5 Å². The average Bonchev–Trinajstić information content (AvgIpc) is 3.04. The zero-order chi connectivity index (χ0) is 17.1. The van der Waals surface area contributed by atoms with Gasteiger partial charge in [0.25, 0.3) is 5.91 Å². The Hall–Kier alpha value is -2.24. The van der Waals surface area contributed by atoms with Crippen molar-refractivity contribution >= 4 is 40.5 Å². The van der Waals surface area contributed by atoms with Crippen LogP contribution in [0.1, 0.15) is 12.0 Å². The Morgan fingerprint density at radius 2 is 1.88 bits per heavy atom. The normalized spacial score (nSPS) is 16.3. The molecule has 3 rings (SSSR count). The number of benzene rings is 2. The molecule has 2 aromatic rings. The van der Waals surface area contributed by atoms with E-state index in [0.717, 1.165) is 11.3 Å². The third-order valence-corrected chi connectivity index (χ3v) is 3.95. The van der Waals surface area contributed by atoms with Crippen LogP contribution in [0.15, 0.2) is 47.6 Å². The lowest BCUT2D eigenvalue weighted by Gasteiger charge is -2.10. The summed E-state index contributed by atoms with van der Waals surface area (Å²) < 4.78 is 5.12. The third kappa shape index (κ3) is 3.80. The first kappa shape index (κ1) is 16.6. The van der Waals surface area contributed by atoms with Crippen molar-refractivity contribution in [1.82, 2.24) is 0 Å². The molecule has 1 aliphatic heterocycles. The highest BCUT2D eigenvalue weighted by Crippen LogP contribution is 2.24. The van der Waals surface area contributed by atoms with E-state index >= 15 is 0 Å². The maximum atomic E-state index is 12.3. The van der Waals surface area contributed by atoms with Gasteiger partial charge in [-0.05, 0) is 48.0 Å². The Balaban J connectivity index is 1.64. The summed E-state index contributed by atoms with van der Waals surface area (Å²) in [5.74, 6) is 0.450. The Bertz CT molecular complexity index is 771. The van der Waals surface area contributed by atoms with Crippen molar-refractivity contribution in [2.24, 2.45) is 5.16 Å². The Morgan fingerprint density at radius 3 is 2.50 bits per heavy atom. The quantitative estimate of drug-likeness (QED) is 0.886. The van der Waals surface area contributed by atoms with Gasteiger partial charge in [0, 0.05) is 22.2 Å². The minimum absolute atomic E-state index is 0.305. The third-order valence-electron chi connectivity index (χ3n) is 3.51. The van der Waals surface area contributed by atoms with Crippen LogP contribution in [0.2, 0.25) is 10.0 Å². The van der Waals surface area contributed by atoms with Gasteiger partial charge in [0.05, 0.1) is 12.8 Å². The van der Waals surface area contributed by atoms with E-state index in [1.165, 1.54) is 0 Å². The zero-order valence-electron chi connectivity index (χ0n) is 12.8. The number of ether oxygens (including phenoxy) is 1. The van der Waals surface area contributed by atoms with Crippen LogP contribution < -0.4 is 10.1 Å². The zero-order valence-corrected chi connectivity index (χ0v) is 14.3. The number of anilines is 1. The summed E-state index contributed by atoms with van der Waals surface area (Å²) in [7, 11) is 1.60. The summed E-state index contributed by atoms with van der Waals surface area (Å²) in [5.41, 5.74) is 2.11. The van der Waals surface area contributed by atoms with Gasteiger partial charge in [-0.15, -0.1) is 0 Å². The van der Waals surface area contributed by atoms with E-state index in [2.05, 4.69) is 10.5 Å². The summed E-state index contributed by atoms with van der Waals surface area (Å²) in [6, 6.07) is 12.2. The van der Waals surface area contributed by atoms with Gasteiger partial charge >= 0.3 is 0 Å². The number of rotatable bonds is 4. The maximum absolute atomic E-state index is 12.3. The number of hydrogen-bond acceptors (Lipinski definition) is 4. The van der Waals surface area contributed by atoms with Crippen molar-refractivity contribution in [3.63, 3.8) is 0 Å². The van der Waals surface area contributed by atoms with Gasteiger partial charge in [0.15, 0.2) is 0 Å². The number of amides is 1. The first-order chi connectivity index (χ1) is 11.5. The van der Waals surface area contributed by atoms with Gasteiger partial charge in [0.2, 0.25) is 6.10 Å². The topological polar surface area (TPSA) is 59.9 Å². The van der Waals surface area contributed by atoms with Crippen LogP contribution in [0.5, 0.6) is 5.75 Å². The number of oxime groups is 1. The molecule has 0 spiro atoms. The van der Waals surface area contributed by atoms with Gasteiger partial charge in [-0.25, -0.2) is 0 Å². The number of carbonyl (C=O) groups excluding carboxylic acids is 1. The molecule has 1 unspecified atom stereocenters. The van der Waals surface area contributed by atoms with E-state index in [0.29, 0.717) is 27.9 Å². The fraction of sp³-hybridized carbons (Fsp3) is 0.176. The average molecular weight is 365 g/mol. The summed E-state index contributed by atoms with van der Waals surface area (Å²) in [4.78, 5) is 17.5. The van der Waals surface area contributed by atoms with Crippen molar-refractivity contribution in [1.29, 1.82) is 0 Å². The highest BCUT2D eigenvalue weighted by molar-refractivity contribution is 6.35. The van der Waals surface area contributed by atoms with Crippen LogP contribution in [-0.2, 0) is 9.63 Å². The standard InChI is InChI=1S/C17H14Cl2N2O3/c1-23-14-4-2-10(3-5-14)15-9-16(24-21-15)17(22)20-13-7-11(18)6-12(19)8-13/h2-8,16H,9H2,1H3,(H,20,22). The Morgan fingerprint density at radius 1 is 1.21 bits per heavy atom. The number of halogens is 2. The van der Waals surface area contributed by atoms with Crippen LogP contribution in [0, 0.1) is 0 Å². The van der Waals surface area contributed by atoms with Gasteiger partial charge in [-0.1, -0.05) is 28.4 Å². The van der Waals surface area contributed by atoms with E-state index in [1.807, 2.05) is 24.3 Å². The van der Waals surface area contributed by atoms with Crippen molar-refractivity contribution < 1.29 is 14.4 Å². The molecule has 0 aliphatic carbocycles. The molecule has 7 heteroatoms. The fourth-order valence-electron chi connectivity index (χ4n) is 2.32. The highest BCUT2D eigenvalue weighted by atomic mass is 35.5. The van der Waals surface area contributed by atoms with E-state index in [1.54, 1.807) is 25.3 Å². The second kappa shape index (κ2) is 7.11. The predicted molar refractivity (Wildman–Crippen MR) is 94.1 cm³/mol. The van der Waals surface area contributed by atoms with E-state index in [-0.39, 0.29) is 5.91 Å². The molecular formula is C17H14Cl2N2O3. The molecule has 1 heterocycles. The molecule has 1 aliphatic rings. The fourth-order valence-corrected chi connectivity index (χ4v) is 2.85. The summed E-state index contributed by atoms with van der Waals surface area (Å²) in [6.07, 6.45) is -0.313. The number of carbonyl (C=O) groups is 1. The molecule has 124 valence electrons. The number of methoxy groups -OCH3 is 1. The van der Waals surface area contributed by atoms with Crippen LogP contribution in [0.4, 0.5) is 5.69 Å². The molecular weight excluding hydrogens is 351 g/mol. The predicted octanol–water partition coefficient (Wildman–Crippen LogP) is 4.13. The second-order valence-electron chi connectivity index (χ2n) is 5.21. The molecule has 5 nitrogen and oxygen atoms in total. The van der Waals surface area contributed by atoms with Gasteiger partial charge < -0.3 is 14.9 Å². The van der Waals surface area contributed by atoms with Crippen molar-refractivity contribution in [3.05, 3.63) is 58.1 Å². The first-order valence-corrected chi connectivity index (χ1v) is 7.95. The first-order valence-electron chi connectivity index (χ1n) is 7.19. The van der Waals surface area contributed by atoms with Gasteiger partial charge in [0.1, 0.15) is 5.75 Å². The molecule has 1 amide bonds. The minimum atomic E-state index is -0.695. The Kier molecular flexibility index (Phi) is 4.92. The highest BCUT2D eigenvalue weighted by Gasteiger charge is 2.29. The lowest BCUT2D eigenvalue weighted by molar-refractivity contribution is -0.125. The molecule has 0 fully saturated rings. The van der Waals surface area contributed by atoms with Crippen LogP contribution in [-0.4, -0.2) is 24.8 Å². The largest absolute Gasteiger partial charge is 0.497 e. The molecule has 0 saturated heterocycles. The van der Waals surface area contributed by atoms with Crippen LogP contribution in [0.3, 0.4) is 0 Å². The summed E-state index contributed by atoms with van der Waals surface area (Å²) in [6.45, 7) is 0. The van der Waals surface area contributed by atoms with E-state index in [4.69, 9.17) is 32.8 Å². The van der Waals surface area contributed by atoms with E-state index < -0.39 is 6.10 Å². The van der Waals surface area contributed by atoms with E-state index in [9.17, 15) is 4.79 Å².